The van der Waals surface area contributed by atoms with Gasteiger partial charge in [-0.15, -0.1) is 0 Å². The van der Waals surface area contributed by atoms with Crippen LogP contribution in [-0.4, -0.2) is 84.9 Å². The number of sulfone groups is 1. The Morgan fingerprint density at radius 2 is 1.63 bits per heavy atom. The quantitative estimate of drug-likeness (QED) is 0.591. The fourth-order valence-electron chi connectivity index (χ4n) is 4.75. The topological polar surface area (TPSA) is 95.9 Å². The predicted octanol–water partition coefficient (Wildman–Crippen LogP) is 3.23. The molecule has 0 spiro atoms. The van der Waals surface area contributed by atoms with E-state index in [2.05, 4.69) is 14.9 Å². The Balaban J connectivity index is 1.28. The molecule has 0 aliphatic carbocycles. The minimum Gasteiger partial charge on any atom is -0.446 e. The minimum atomic E-state index is -3.35. The van der Waals surface area contributed by atoms with E-state index in [1.54, 1.807) is 4.90 Å². The third kappa shape index (κ3) is 6.42. The molecule has 0 unspecified atom stereocenters. The maximum Gasteiger partial charge on any atom is 0.410 e. The molecule has 2 aromatic rings. The number of piperazine rings is 1. The first kappa shape index (κ1) is 25.7. The van der Waals surface area contributed by atoms with Crippen molar-refractivity contribution in [2.45, 2.75) is 56.3 Å². The van der Waals surface area contributed by atoms with Gasteiger partial charge in [0.2, 0.25) is 5.95 Å². The highest BCUT2D eigenvalue weighted by atomic mass is 35.5. The van der Waals surface area contributed by atoms with E-state index in [-0.39, 0.29) is 29.2 Å². The van der Waals surface area contributed by atoms with Gasteiger partial charge in [-0.3, -0.25) is 9.80 Å². The second-order valence-electron chi connectivity index (χ2n) is 9.49. The normalized spacial score (nSPS) is 22.3. The first-order valence-corrected chi connectivity index (χ1v) is 14.1. The van der Waals surface area contributed by atoms with Crippen molar-refractivity contribution in [3.8, 4) is 0 Å². The first-order chi connectivity index (χ1) is 16.6. The number of likely N-dealkylation sites (tertiary alicyclic amines) is 1. The maximum absolute atomic E-state index is 13.1. The molecule has 35 heavy (non-hydrogen) atoms. The van der Waals surface area contributed by atoms with E-state index in [0.29, 0.717) is 19.0 Å². The molecule has 0 bridgehead atoms. The Labute approximate surface area is 212 Å². The second-order valence-corrected chi connectivity index (χ2v) is 11.9. The highest BCUT2D eigenvalue weighted by molar-refractivity contribution is 7.90. The Morgan fingerprint density at radius 3 is 2.17 bits per heavy atom. The Morgan fingerprint density at radius 1 is 1.06 bits per heavy atom. The van der Waals surface area contributed by atoms with E-state index in [0.717, 1.165) is 43.8 Å². The fourth-order valence-corrected chi connectivity index (χ4v) is 5.36. The molecule has 2 aliphatic rings. The van der Waals surface area contributed by atoms with E-state index in [1.165, 1.54) is 18.0 Å². The maximum atomic E-state index is 13.1. The third-order valence-corrected chi connectivity index (χ3v) is 7.90. The van der Waals surface area contributed by atoms with Gasteiger partial charge in [-0.05, 0) is 44.4 Å². The van der Waals surface area contributed by atoms with Gasteiger partial charge in [0, 0.05) is 44.0 Å². The molecule has 2 saturated heterocycles. The average Bonchev–Trinajstić information content (AvgIpc) is 2.81. The first-order valence-electron chi connectivity index (χ1n) is 11.8. The summed E-state index contributed by atoms with van der Waals surface area (Å²) in [6, 6.07) is 7.70. The largest absolute Gasteiger partial charge is 0.446 e. The van der Waals surface area contributed by atoms with Crippen LogP contribution in [0.4, 0.5) is 10.7 Å². The summed E-state index contributed by atoms with van der Waals surface area (Å²) in [5.41, 5.74) is 1.22. The van der Waals surface area contributed by atoms with Crippen molar-refractivity contribution >= 4 is 33.5 Å². The fraction of sp³-hybridized carbons (Fsp3) is 0.542. The van der Waals surface area contributed by atoms with E-state index >= 15 is 0 Å². The number of carbonyl (C=O) groups excluding carboxylic acids is 1. The summed E-state index contributed by atoms with van der Waals surface area (Å²) in [5, 5.41) is 0.737. The number of ether oxygens (including phenoxy) is 1. The highest BCUT2D eigenvalue weighted by Gasteiger charge is 2.36. The van der Waals surface area contributed by atoms with E-state index in [1.807, 2.05) is 43.0 Å². The van der Waals surface area contributed by atoms with Crippen LogP contribution in [-0.2, 0) is 21.1 Å². The molecular weight excluding hydrogens is 490 g/mol. The summed E-state index contributed by atoms with van der Waals surface area (Å²) >= 11 is 5.97. The molecule has 0 radical (unpaired) electrons. The van der Waals surface area contributed by atoms with Gasteiger partial charge in [-0.1, -0.05) is 23.7 Å². The number of rotatable bonds is 5. The van der Waals surface area contributed by atoms with E-state index in [9.17, 15) is 13.2 Å². The number of halogens is 1. The summed E-state index contributed by atoms with van der Waals surface area (Å²) in [4.78, 5) is 27.7. The van der Waals surface area contributed by atoms with Crippen molar-refractivity contribution in [1.82, 2.24) is 19.8 Å². The van der Waals surface area contributed by atoms with Crippen molar-refractivity contribution < 1.29 is 17.9 Å². The lowest BCUT2D eigenvalue weighted by molar-refractivity contribution is 0.00995. The molecule has 9 nitrogen and oxygen atoms in total. The molecule has 190 valence electrons. The Hall–Kier alpha value is -2.43. The zero-order chi connectivity index (χ0) is 25.2. The summed E-state index contributed by atoms with van der Waals surface area (Å²) in [7, 11) is -3.35. The van der Waals surface area contributed by atoms with Gasteiger partial charge in [0.05, 0.1) is 24.5 Å². The van der Waals surface area contributed by atoms with Crippen molar-refractivity contribution in [3.05, 3.63) is 47.2 Å². The second kappa shape index (κ2) is 10.7. The van der Waals surface area contributed by atoms with Crippen molar-refractivity contribution in [2.24, 2.45) is 0 Å². The zero-order valence-corrected chi connectivity index (χ0v) is 21.9. The van der Waals surface area contributed by atoms with Crippen LogP contribution in [0.15, 0.2) is 41.6 Å². The van der Waals surface area contributed by atoms with Gasteiger partial charge in [0.25, 0.3) is 0 Å². The molecule has 2 fully saturated rings. The number of hydrogen-bond donors (Lipinski definition) is 0. The smallest absolute Gasteiger partial charge is 0.410 e. The SMILES string of the molecule is C[C@@H]1CN(c2ncc(S(C)(=O)=O)cn2)C[C@H](C)N1C(=O)OC1CCN(Cc2ccc(Cl)cc2)CC1. The summed E-state index contributed by atoms with van der Waals surface area (Å²) in [6.45, 7) is 7.64. The highest BCUT2D eigenvalue weighted by Crippen LogP contribution is 2.23. The standard InChI is InChI=1S/C24H32ClN5O4S/c1-17-14-29(23-26-12-22(13-27-23)35(3,32)33)15-18(2)30(17)24(31)34-21-8-10-28(11-9-21)16-19-4-6-20(25)7-5-19/h4-7,12-13,17-18,21H,8-11,14-16H2,1-3H3/t17-,18+. The number of amides is 1. The molecule has 2 atom stereocenters. The van der Waals surface area contributed by atoms with Gasteiger partial charge in [-0.25, -0.2) is 23.2 Å². The van der Waals surface area contributed by atoms with Crippen molar-refractivity contribution in [3.63, 3.8) is 0 Å². The molecule has 1 aromatic carbocycles. The number of aromatic nitrogens is 2. The number of carbonyl (C=O) groups is 1. The lowest BCUT2D eigenvalue weighted by Crippen LogP contribution is -2.59. The molecule has 4 rings (SSSR count). The molecular formula is C24H32ClN5O4S. The molecule has 3 heterocycles. The van der Waals surface area contributed by atoms with Crippen LogP contribution in [0.25, 0.3) is 0 Å². The third-order valence-electron chi connectivity index (χ3n) is 6.58. The number of benzene rings is 1. The number of anilines is 1. The summed E-state index contributed by atoms with van der Waals surface area (Å²) < 4.78 is 29.2. The molecule has 2 aliphatic heterocycles. The van der Waals surface area contributed by atoms with Gasteiger partial charge < -0.3 is 9.64 Å². The molecule has 0 N–H and O–H groups in total. The summed E-state index contributed by atoms with van der Waals surface area (Å²) in [5.74, 6) is 0.456. The molecule has 1 amide bonds. The van der Waals surface area contributed by atoms with E-state index in [4.69, 9.17) is 16.3 Å². The van der Waals surface area contributed by atoms with Gasteiger partial charge in [-0.2, -0.15) is 0 Å². The number of hydrogen-bond acceptors (Lipinski definition) is 8. The summed E-state index contributed by atoms with van der Waals surface area (Å²) in [6.07, 6.45) is 5.02. The Bertz CT molecular complexity index is 1110. The molecule has 1 aromatic heterocycles. The lowest BCUT2D eigenvalue weighted by Gasteiger charge is -2.44. The van der Waals surface area contributed by atoms with Gasteiger partial charge in [0.1, 0.15) is 11.0 Å². The zero-order valence-electron chi connectivity index (χ0n) is 20.3. The average molecular weight is 522 g/mol. The molecule has 0 saturated carbocycles. The number of piperidine rings is 1. The van der Waals surface area contributed by atoms with Crippen molar-refractivity contribution in [2.75, 3.05) is 37.3 Å². The minimum absolute atomic E-state index is 0.0868. The van der Waals surface area contributed by atoms with Gasteiger partial charge in [0.15, 0.2) is 9.84 Å². The van der Waals surface area contributed by atoms with Crippen LogP contribution in [0.1, 0.15) is 32.3 Å². The monoisotopic (exact) mass is 521 g/mol. The van der Waals surface area contributed by atoms with Crippen LogP contribution in [0.3, 0.4) is 0 Å². The van der Waals surface area contributed by atoms with Crippen LogP contribution < -0.4 is 4.90 Å². The van der Waals surface area contributed by atoms with Gasteiger partial charge >= 0.3 is 6.09 Å². The van der Waals surface area contributed by atoms with Crippen molar-refractivity contribution in [1.29, 1.82) is 0 Å². The van der Waals surface area contributed by atoms with Crippen LogP contribution in [0.2, 0.25) is 5.02 Å². The van der Waals surface area contributed by atoms with E-state index < -0.39 is 9.84 Å². The lowest BCUT2D eigenvalue weighted by atomic mass is 10.1. The number of nitrogens with zero attached hydrogens (tertiary/aromatic N) is 5. The van der Waals surface area contributed by atoms with Crippen LogP contribution in [0.5, 0.6) is 0 Å². The Kier molecular flexibility index (Phi) is 7.83. The predicted molar refractivity (Wildman–Crippen MR) is 134 cm³/mol. The molecule has 11 heteroatoms. The van der Waals surface area contributed by atoms with Crippen LogP contribution in [0, 0.1) is 0 Å². The van der Waals surface area contributed by atoms with Crippen LogP contribution >= 0.6 is 11.6 Å².